The van der Waals surface area contributed by atoms with E-state index in [-0.39, 0.29) is 17.8 Å². The van der Waals surface area contributed by atoms with Gasteiger partial charge in [0.15, 0.2) is 0 Å². The highest BCUT2D eigenvalue weighted by Gasteiger charge is 2.16. The van der Waals surface area contributed by atoms with Crippen LogP contribution in [0.5, 0.6) is 0 Å². The first kappa shape index (κ1) is 19.1. The van der Waals surface area contributed by atoms with Crippen molar-refractivity contribution in [2.45, 2.75) is 25.8 Å². The average Bonchev–Trinajstić information content (AvgIpc) is 3.01. The second kappa shape index (κ2) is 8.33. The summed E-state index contributed by atoms with van der Waals surface area (Å²) in [6.07, 6.45) is 1.62. The van der Waals surface area contributed by atoms with E-state index in [4.69, 9.17) is 11.5 Å². The quantitative estimate of drug-likeness (QED) is 0.516. The highest BCUT2D eigenvalue weighted by atomic mass is 19.1. The lowest BCUT2D eigenvalue weighted by atomic mass is 10.0. The van der Waals surface area contributed by atoms with Crippen LogP contribution in [0.15, 0.2) is 42.5 Å². The number of hydrogen-bond donors (Lipinski definition) is 4. The standard InChI is InChI=1S/C21H25FN4O/c1-13-18-11-15(14-4-7-16(22)8-5-14)6-9-19(18)26-20(13)21(27)25-12-17(24)3-2-10-23/h4-9,11,17,26H,2-3,10,12,23-24H2,1H3,(H,25,27)/t17-/m0/s1. The first-order valence-corrected chi connectivity index (χ1v) is 9.11. The average molecular weight is 368 g/mol. The summed E-state index contributed by atoms with van der Waals surface area (Å²) in [5.41, 5.74) is 15.7. The van der Waals surface area contributed by atoms with E-state index in [2.05, 4.69) is 10.3 Å². The van der Waals surface area contributed by atoms with Crippen LogP contribution in [0.4, 0.5) is 4.39 Å². The van der Waals surface area contributed by atoms with E-state index in [1.54, 1.807) is 12.1 Å². The van der Waals surface area contributed by atoms with E-state index >= 15 is 0 Å². The predicted molar refractivity (Wildman–Crippen MR) is 107 cm³/mol. The van der Waals surface area contributed by atoms with Crippen molar-refractivity contribution >= 4 is 16.8 Å². The summed E-state index contributed by atoms with van der Waals surface area (Å²) >= 11 is 0. The number of carbonyl (C=O) groups excluding carboxylic acids is 1. The summed E-state index contributed by atoms with van der Waals surface area (Å²) < 4.78 is 13.1. The van der Waals surface area contributed by atoms with Gasteiger partial charge in [0.25, 0.3) is 5.91 Å². The van der Waals surface area contributed by atoms with Gasteiger partial charge in [0.2, 0.25) is 0 Å². The summed E-state index contributed by atoms with van der Waals surface area (Å²) in [5.74, 6) is -0.434. The Balaban J connectivity index is 1.80. The van der Waals surface area contributed by atoms with Gasteiger partial charge in [0, 0.05) is 23.5 Å². The summed E-state index contributed by atoms with van der Waals surface area (Å²) in [4.78, 5) is 15.7. The number of nitrogens with one attached hydrogen (secondary N) is 2. The molecule has 0 aliphatic heterocycles. The third kappa shape index (κ3) is 4.35. The molecule has 6 heteroatoms. The van der Waals surface area contributed by atoms with Gasteiger partial charge in [0.05, 0.1) is 0 Å². The van der Waals surface area contributed by atoms with Crippen LogP contribution in [0.25, 0.3) is 22.0 Å². The van der Waals surface area contributed by atoms with Gasteiger partial charge in [-0.3, -0.25) is 4.79 Å². The number of nitrogens with two attached hydrogens (primary N) is 2. The second-order valence-electron chi connectivity index (χ2n) is 6.79. The van der Waals surface area contributed by atoms with Crippen molar-refractivity contribution in [2.24, 2.45) is 11.5 Å². The molecule has 3 aromatic rings. The van der Waals surface area contributed by atoms with Crippen molar-refractivity contribution in [3.63, 3.8) is 0 Å². The van der Waals surface area contributed by atoms with E-state index in [0.717, 1.165) is 40.4 Å². The molecular formula is C21H25FN4O. The minimum Gasteiger partial charge on any atom is -0.350 e. The van der Waals surface area contributed by atoms with Gasteiger partial charge in [-0.1, -0.05) is 18.2 Å². The summed E-state index contributed by atoms with van der Waals surface area (Å²) in [7, 11) is 0. The first-order valence-electron chi connectivity index (χ1n) is 9.11. The highest BCUT2D eigenvalue weighted by molar-refractivity contribution is 6.01. The molecule has 0 saturated heterocycles. The maximum atomic E-state index is 13.1. The zero-order valence-corrected chi connectivity index (χ0v) is 15.4. The predicted octanol–water partition coefficient (Wildman–Crippen LogP) is 3.08. The van der Waals surface area contributed by atoms with Gasteiger partial charge >= 0.3 is 0 Å². The maximum Gasteiger partial charge on any atom is 0.268 e. The molecule has 142 valence electrons. The van der Waals surface area contributed by atoms with Crippen molar-refractivity contribution in [3.05, 3.63) is 59.5 Å². The lowest BCUT2D eigenvalue weighted by molar-refractivity contribution is 0.0946. The molecule has 27 heavy (non-hydrogen) atoms. The number of fused-ring (bicyclic) bond motifs is 1. The zero-order chi connectivity index (χ0) is 19.4. The molecule has 0 fully saturated rings. The molecule has 1 atom stereocenters. The van der Waals surface area contributed by atoms with Crippen LogP contribution in [0, 0.1) is 12.7 Å². The third-order valence-electron chi connectivity index (χ3n) is 4.77. The number of aromatic nitrogens is 1. The van der Waals surface area contributed by atoms with Crippen molar-refractivity contribution in [1.29, 1.82) is 0 Å². The number of aromatic amines is 1. The fraction of sp³-hybridized carbons (Fsp3) is 0.286. The molecule has 0 spiro atoms. The van der Waals surface area contributed by atoms with Crippen molar-refractivity contribution in [3.8, 4) is 11.1 Å². The molecule has 0 aliphatic rings. The Morgan fingerprint density at radius 2 is 1.89 bits per heavy atom. The normalized spacial score (nSPS) is 12.3. The zero-order valence-electron chi connectivity index (χ0n) is 15.4. The Labute approximate surface area is 157 Å². The fourth-order valence-corrected chi connectivity index (χ4v) is 3.17. The first-order chi connectivity index (χ1) is 13.0. The Morgan fingerprint density at radius 3 is 2.59 bits per heavy atom. The van der Waals surface area contributed by atoms with Gasteiger partial charge in [-0.25, -0.2) is 4.39 Å². The minimum absolute atomic E-state index is 0.104. The number of H-pyrrole nitrogens is 1. The van der Waals surface area contributed by atoms with Gasteiger partial charge in [-0.2, -0.15) is 0 Å². The minimum atomic E-state index is -0.263. The van der Waals surface area contributed by atoms with Crippen molar-refractivity contribution in [2.75, 3.05) is 13.1 Å². The lowest BCUT2D eigenvalue weighted by Gasteiger charge is -2.12. The van der Waals surface area contributed by atoms with Crippen LogP contribution in [-0.2, 0) is 0 Å². The number of carbonyl (C=O) groups is 1. The largest absolute Gasteiger partial charge is 0.350 e. The van der Waals surface area contributed by atoms with Crippen LogP contribution in [0.3, 0.4) is 0 Å². The van der Waals surface area contributed by atoms with Gasteiger partial charge < -0.3 is 21.8 Å². The van der Waals surface area contributed by atoms with Crippen molar-refractivity contribution in [1.82, 2.24) is 10.3 Å². The van der Waals surface area contributed by atoms with E-state index in [1.807, 2.05) is 25.1 Å². The highest BCUT2D eigenvalue weighted by Crippen LogP contribution is 2.28. The third-order valence-corrected chi connectivity index (χ3v) is 4.77. The van der Waals surface area contributed by atoms with Crippen LogP contribution in [0.1, 0.15) is 28.9 Å². The molecule has 0 aliphatic carbocycles. The molecule has 6 N–H and O–H groups in total. The number of amides is 1. The molecule has 0 bridgehead atoms. The van der Waals surface area contributed by atoms with Crippen LogP contribution < -0.4 is 16.8 Å². The number of aryl methyl sites for hydroxylation is 1. The Hall–Kier alpha value is -2.70. The number of benzene rings is 2. The van der Waals surface area contributed by atoms with E-state index in [0.29, 0.717) is 18.8 Å². The Kier molecular flexibility index (Phi) is 5.88. The number of hydrogen-bond acceptors (Lipinski definition) is 3. The van der Waals surface area contributed by atoms with E-state index in [1.165, 1.54) is 12.1 Å². The number of rotatable bonds is 7. The summed E-state index contributed by atoms with van der Waals surface area (Å²) in [5, 5.41) is 3.85. The van der Waals surface area contributed by atoms with Gasteiger partial charge in [-0.05, 0) is 67.3 Å². The summed E-state index contributed by atoms with van der Waals surface area (Å²) in [6, 6.07) is 12.2. The van der Waals surface area contributed by atoms with Gasteiger partial charge in [-0.15, -0.1) is 0 Å². The molecule has 0 saturated carbocycles. The fourth-order valence-electron chi connectivity index (χ4n) is 3.17. The molecule has 1 amide bonds. The molecule has 0 radical (unpaired) electrons. The molecule has 2 aromatic carbocycles. The Morgan fingerprint density at radius 1 is 1.19 bits per heavy atom. The summed E-state index contributed by atoms with van der Waals surface area (Å²) in [6.45, 7) is 2.92. The smallest absolute Gasteiger partial charge is 0.268 e. The van der Waals surface area contributed by atoms with Crippen LogP contribution >= 0.6 is 0 Å². The molecule has 1 heterocycles. The molecule has 3 rings (SSSR count). The second-order valence-corrected chi connectivity index (χ2v) is 6.79. The SMILES string of the molecule is Cc1c(C(=O)NC[C@@H](N)CCCN)[nH]c2ccc(-c3ccc(F)cc3)cc12. The topological polar surface area (TPSA) is 96.9 Å². The molecule has 0 unspecified atom stereocenters. The van der Waals surface area contributed by atoms with E-state index in [9.17, 15) is 9.18 Å². The van der Waals surface area contributed by atoms with Crippen LogP contribution in [-0.4, -0.2) is 30.0 Å². The Bertz CT molecular complexity index is 933. The number of halogens is 1. The van der Waals surface area contributed by atoms with Crippen LogP contribution in [0.2, 0.25) is 0 Å². The molecule has 5 nitrogen and oxygen atoms in total. The van der Waals surface area contributed by atoms with Gasteiger partial charge in [0.1, 0.15) is 11.5 Å². The lowest BCUT2D eigenvalue weighted by Crippen LogP contribution is -2.37. The maximum absolute atomic E-state index is 13.1. The molecule has 1 aromatic heterocycles. The van der Waals surface area contributed by atoms with Crippen molar-refractivity contribution < 1.29 is 9.18 Å². The molecular weight excluding hydrogens is 343 g/mol. The monoisotopic (exact) mass is 368 g/mol. The van der Waals surface area contributed by atoms with E-state index < -0.39 is 0 Å².